The van der Waals surface area contributed by atoms with E-state index in [1.165, 1.54) is 6.20 Å². The smallest absolute Gasteiger partial charge is 0.149 e. The van der Waals surface area contributed by atoms with Gasteiger partial charge in [-0.2, -0.15) is 0 Å². The molecule has 0 radical (unpaired) electrons. The zero-order valence-electron chi connectivity index (χ0n) is 4.74. The summed E-state index contributed by atoms with van der Waals surface area (Å²) >= 11 is 14.3. The first-order valence-electron chi connectivity index (χ1n) is 2.38. The lowest BCUT2D eigenvalue weighted by atomic mass is 10.4. The summed E-state index contributed by atoms with van der Waals surface area (Å²) in [6, 6.07) is 0. The third kappa shape index (κ3) is 1.36. The monoisotopic (exact) mass is 240 g/mol. The summed E-state index contributed by atoms with van der Waals surface area (Å²) in [6.45, 7) is 0. The first-order chi connectivity index (χ1) is 4.63. The van der Waals surface area contributed by atoms with E-state index in [1.807, 2.05) is 0 Å². The Labute approximate surface area is 76.5 Å². The molecule has 0 atom stereocenters. The van der Waals surface area contributed by atoms with E-state index in [-0.39, 0.29) is 10.2 Å². The van der Waals surface area contributed by atoms with Crippen LogP contribution in [0, 0.1) is 0 Å². The summed E-state index contributed by atoms with van der Waals surface area (Å²) in [4.78, 5) is 3.75. The topological polar surface area (TPSA) is 38.9 Å². The van der Waals surface area contributed by atoms with Gasteiger partial charge in [0, 0.05) is 6.20 Å². The van der Waals surface area contributed by atoms with Crippen LogP contribution in [0.2, 0.25) is 10.2 Å². The predicted octanol–water partition coefficient (Wildman–Crippen LogP) is 2.73. The molecule has 0 fully saturated rings. The molecular formula is C5H3BrCl2N2. The molecule has 1 heterocycles. The van der Waals surface area contributed by atoms with Crippen LogP contribution in [-0.2, 0) is 0 Å². The highest BCUT2D eigenvalue weighted by Crippen LogP contribution is 2.31. The minimum atomic E-state index is 0.224. The quantitative estimate of drug-likeness (QED) is 0.710. The van der Waals surface area contributed by atoms with Crippen molar-refractivity contribution >= 4 is 44.8 Å². The maximum absolute atomic E-state index is 5.63. The average molecular weight is 242 g/mol. The molecule has 10 heavy (non-hydrogen) atoms. The van der Waals surface area contributed by atoms with Gasteiger partial charge in [-0.15, -0.1) is 0 Å². The van der Waals surface area contributed by atoms with E-state index in [4.69, 9.17) is 28.9 Å². The van der Waals surface area contributed by atoms with E-state index in [0.717, 1.165) is 0 Å². The van der Waals surface area contributed by atoms with Gasteiger partial charge in [-0.05, 0) is 15.9 Å². The van der Waals surface area contributed by atoms with Crippen molar-refractivity contribution < 1.29 is 0 Å². The molecule has 0 bridgehead atoms. The Morgan fingerprint density at radius 2 is 2.10 bits per heavy atom. The number of rotatable bonds is 0. The molecule has 1 rings (SSSR count). The number of anilines is 1. The van der Waals surface area contributed by atoms with Crippen LogP contribution in [-0.4, -0.2) is 4.98 Å². The van der Waals surface area contributed by atoms with Crippen molar-refractivity contribution in [2.45, 2.75) is 0 Å². The highest BCUT2D eigenvalue weighted by molar-refractivity contribution is 9.10. The summed E-state index contributed by atoms with van der Waals surface area (Å²) in [7, 11) is 0. The van der Waals surface area contributed by atoms with Crippen molar-refractivity contribution in [1.29, 1.82) is 0 Å². The Balaban J connectivity index is 3.34. The molecule has 0 aliphatic rings. The van der Waals surface area contributed by atoms with E-state index in [2.05, 4.69) is 20.9 Å². The Hall–Kier alpha value is 0.01000. The third-order valence-corrected chi connectivity index (χ3v) is 2.36. The van der Waals surface area contributed by atoms with Crippen LogP contribution in [0.3, 0.4) is 0 Å². The van der Waals surface area contributed by atoms with Crippen LogP contribution < -0.4 is 5.73 Å². The molecule has 5 heteroatoms. The molecule has 0 spiro atoms. The molecule has 2 N–H and O–H groups in total. The molecule has 1 aromatic rings. The molecule has 0 saturated heterocycles. The normalized spacial score (nSPS) is 9.90. The fourth-order valence-corrected chi connectivity index (χ4v) is 1.17. The Kier molecular flexibility index (Phi) is 2.39. The van der Waals surface area contributed by atoms with Gasteiger partial charge in [-0.1, -0.05) is 23.2 Å². The number of hydrogen-bond donors (Lipinski definition) is 1. The second kappa shape index (κ2) is 2.95. The lowest BCUT2D eigenvalue weighted by molar-refractivity contribution is 1.31. The minimum Gasteiger partial charge on any atom is -0.396 e. The van der Waals surface area contributed by atoms with Crippen LogP contribution in [0.15, 0.2) is 10.7 Å². The molecule has 2 nitrogen and oxygen atoms in total. The summed E-state index contributed by atoms with van der Waals surface area (Å²) < 4.78 is 0.655. The van der Waals surface area contributed by atoms with Gasteiger partial charge in [0.1, 0.15) is 10.2 Å². The van der Waals surface area contributed by atoms with Crippen LogP contribution in [0.5, 0.6) is 0 Å². The van der Waals surface area contributed by atoms with Gasteiger partial charge in [-0.25, -0.2) is 4.98 Å². The largest absolute Gasteiger partial charge is 0.396 e. The predicted molar refractivity (Wildman–Crippen MR) is 46.4 cm³/mol. The highest BCUT2D eigenvalue weighted by Gasteiger charge is 2.05. The molecule has 54 valence electrons. The minimum absolute atomic E-state index is 0.224. The van der Waals surface area contributed by atoms with E-state index in [0.29, 0.717) is 10.2 Å². The SMILES string of the molecule is Nc1c(Br)cnc(Cl)c1Cl. The number of hydrogen-bond acceptors (Lipinski definition) is 2. The Bertz CT molecular complexity index is 237. The van der Waals surface area contributed by atoms with Crippen molar-refractivity contribution in [3.8, 4) is 0 Å². The molecule has 0 amide bonds. The molecule has 1 aromatic heterocycles. The van der Waals surface area contributed by atoms with Gasteiger partial charge in [0.05, 0.1) is 10.2 Å². The maximum atomic E-state index is 5.63. The zero-order valence-corrected chi connectivity index (χ0v) is 7.83. The van der Waals surface area contributed by atoms with Gasteiger partial charge < -0.3 is 5.73 Å². The summed E-state index contributed by atoms with van der Waals surface area (Å²) in [6.07, 6.45) is 1.50. The first kappa shape index (κ1) is 8.11. The number of nitrogens with two attached hydrogens (primary N) is 1. The van der Waals surface area contributed by atoms with E-state index < -0.39 is 0 Å². The van der Waals surface area contributed by atoms with Crippen molar-refractivity contribution in [2.24, 2.45) is 0 Å². The second-order valence-electron chi connectivity index (χ2n) is 1.62. The number of pyridine rings is 1. The van der Waals surface area contributed by atoms with Gasteiger partial charge in [0.15, 0.2) is 0 Å². The molecular weight excluding hydrogens is 239 g/mol. The summed E-state index contributed by atoms with van der Waals surface area (Å²) in [5.74, 6) is 0. The summed E-state index contributed by atoms with van der Waals surface area (Å²) in [5, 5.41) is 0.512. The van der Waals surface area contributed by atoms with Gasteiger partial charge in [-0.3, -0.25) is 0 Å². The lowest BCUT2D eigenvalue weighted by Crippen LogP contribution is -1.90. The Morgan fingerprint density at radius 1 is 1.50 bits per heavy atom. The fourth-order valence-electron chi connectivity index (χ4n) is 0.456. The third-order valence-electron chi connectivity index (χ3n) is 0.966. The fraction of sp³-hybridized carbons (Fsp3) is 0. The van der Waals surface area contributed by atoms with Crippen LogP contribution in [0.25, 0.3) is 0 Å². The molecule has 0 aliphatic carbocycles. The van der Waals surface area contributed by atoms with Crippen LogP contribution >= 0.6 is 39.1 Å². The number of aromatic nitrogens is 1. The van der Waals surface area contributed by atoms with Crippen LogP contribution in [0.4, 0.5) is 5.69 Å². The van der Waals surface area contributed by atoms with Crippen molar-refractivity contribution in [3.63, 3.8) is 0 Å². The maximum Gasteiger partial charge on any atom is 0.149 e. The van der Waals surface area contributed by atoms with Gasteiger partial charge >= 0.3 is 0 Å². The van der Waals surface area contributed by atoms with Crippen molar-refractivity contribution in [3.05, 3.63) is 20.8 Å². The van der Waals surface area contributed by atoms with Crippen molar-refractivity contribution in [2.75, 3.05) is 5.73 Å². The van der Waals surface area contributed by atoms with E-state index in [9.17, 15) is 0 Å². The van der Waals surface area contributed by atoms with E-state index in [1.54, 1.807) is 0 Å². The molecule has 0 saturated carbocycles. The number of halogens is 3. The average Bonchev–Trinajstić information content (AvgIpc) is 1.93. The molecule has 0 aromatic carbocycles. The van der Waals surface area contributed by atoms with E-state index >= 15 is 0 Å². The number of nitrogen functional groups attached to an aromatic ring is 1. The standard InChI is InChI=1S/C5H3BrCl2N2/c6-2-1-10-5(8)3(7)4(2)9/h1H,(H2,9,10). The van der Waals surface area contributed by atoms with Crippen molar-refractivity contribution in [1.82, 2.24) is 4.98 Å². The highest BCUT2D eigenvalue weighted by atomic mass is 79.9. The Morgan fingerprint density at radius 3 is 2.60 bits per heavy atom. The van der Waals surface area contributed by atoms with Crippen LogP contribution in [0.1, 0.15) is 0 Å². The molecule has 0 unspecified atom stereocenters. The number of nitrogens with zero attached hydrogens (tertiary/aromatic N) is 1. The first-order valence-corrected chi connectivity index (χ1v) is 3.93. The van der Waals surface area contributed by atoms with Gasteiger partial charge in [0.25, 0.3) is 0 Å². The summed E-state index contributed by atoms with van der Waals surface area (Å²) in [5.41, 5.74) is 5.90. The zero-order chi connectivity index (χ0) is 7.72. The second-order valence-corrected chi connectivity index (χ2v) is 3.21. The van der Waals surface area contributed by atoms with Gasteiger partial charge in [0.2, 0.25) is 0 Å². The molecule has 0 aliphatic heterocycles. The lowest BCUT2D eigenvalue weighted by Gasteiger charge is -2.00.